The molecular weight excluding hydrogens is 259 g/mol. The van der Waals surface area contributed by atoms with Gasteiger partial charge in [0.05, 0.1) is 18.0 Å². The van der Waals surface area contributed by atoms with E-state index in [2.05, 4.69) is 12.2 Å². The highest BCUT2D eigenvalue weighted by atomic mass is 19.1. The summed E-state index contributed by atoms with van der Waals surface area (Å²) in [6.07, 6.45) is 2.85. The largest absolute Gasteiger partial charge is 0.491 e. The van der Waals surface area contributed by atoms with Crippen molar-refractivity contribution in [2.45, 2.75) is 33.1 Å². The Balaban J connectivity index is 2.72. The van der Waals surface area contributed by atoms with E-state index >= 15 is 0 Å². The Hall–Kier alpha value is -1.49. The van der Waals surface area contributed by atoms with Crippen LogP contribution < -0.4 is 15.8 Å². The van der Waals surface area contributed by atoms with E-state index in [9.17, 15) is 4.39 Å². The zero-order valence-corrected chi connectivity index (χ0v) is 12.3. The van der Waals surface area contributed by atoms with Gasteiger partial charge in [0.25, 0.3) is 0 Å². The molecular formula is C15H25FN2O2. The van der Waals surface area contributed by atoms with Gasteiger partial charge in [-0.3, -0.25) is 0 Å². The van der Waals surface area contributed by atoms with Crippen molar-refractivity contribution >= 4 is 11.4 Å². The zero-order valence-electron chi connectivity index (χ0n) is 12.3. The number of aliphatic hydroxyl groups excluding tert-OH is 1. The Morgan fingerprint density at radius 1 is 1.35 bits per heavy atom. The predicted molar refractivity (Wildman–Crippen MR) is 80.6 cm³/mol. The topological polar surface area (TPSA) is 67.5 Å². The second-order valence-electron chi connectivity index (χ2n) is 4.85. The van der Waals surface area contributed by atoms with E-state index in [0.717, 1.165) is 19.3 Å². The van der Waals surface area contributed by atoms with Crippen molar-refractivity contribution in [3.05, 3.63) is 17.9 Å². The molecule has 0 bridgehead atoms. The number of aliphatic hydroxyl groups is 1. The van der Waals surface area contributed by atoms with Gasteiger partial charge in [0, 0.05) is 25.3 Å². The van der Waals surface area contributed by atoms with Crippen molar-refractivity contribution < 1.29 is 14.2 Å². The van der Waals surface area contributed by atoms with Crippen LogP contribution in [0.15, 0.2) is 12.1 Å². The molecule has 0 aliphatic heterocycles. The number of benzene rings is 1. The second-order valence-corrected chi connectivity index (χ2v) is 4.85. The first-order valence-corrected chi connectivity index (χ1v) is 7.18. The Bertz CT molecular complexity index is 407. The van der Waals surface area contributed by atoms with Crippen molar-refractivity contribution in [3.8, 4) is 5.75 Å². The Morgan fingerprint density at radius 2 is 2.10 bits per heavy atom. The van der Waals surface area contributed by atoms with E-state index in [4.69, 9.17) is 15.6 Å². The summed E-state index contributed by atoms with van der Waals surface area (Å²) in [6.45, 7) is 5.21. The van der Waals surface area contributed by atoms with Crippen LogP contribution in [0.3, 0.4) is 0 Å². The van der Waals surface area contributed by atoms with Gasteiger partial charge in [0.1, 0.15) is 0 Å². The molecule has 0 radical (unpaired) electrons. The molecule has 0 spiro atoms. The second kappa shape index (κ2) is 8.64. The van der Waals surface area contributed by atoms with E-state index in [-0.39, 0.29) is 12.4 Å². The summed E-state index contributed by atoms with van der Waals surface area (Å²) < 4.78 is 18.8. The molecule has 1 rings (SSSR count). The van der Waals surface area contributed by atoms with Crippen LogP contribution in [-0.4, -0.2) is 24.9 Å². The van der Waals surface area contributed by atoms with Crippen LogP contribution in [0.1, 0.15) is 33.1 Å². The first-order valence-electron chi connectivity index (χ1n) is 7.18. The lowest BCUT2D eigenvalue weighted by Crippen LogP contribution is -2.16. The molecule has 0 aliphatic rings. The van der Waals surface area contributed by atoms with Gasteiger partial charge < -0.3 is 20.9 Å². The number of nitrogen functional groups attached to an aromatic ring is 1. The summed E-state index contributed by atoms with van der Waals surface area (Å²) in [4.78, 5) is 0. The third-order valence-corrected chi connectivity index (χ3v) is 3.22. The number of hydrogen-bond donors (Lipinski definition) is 3. The average molecular weight is 284 g/mol. The van der Waals surface area contributed by atoms with Gasteiger partial charge in [-0.15, -0.1) is 0 Å². The number of halogens is 1. The Morgan fingerprint density at radius 3 is 2.70 bits per heavy atom. The van der Waals surface area contributed by atoms with Crippen molar-refractivity contribution in [2.75, 3.05) is 30.8 Å². The normalized spacial score (nSPS) is 12.2. The first kappa shape index (κ1) is 16.6. The lowest BCUT2D eigenvalue weighted by Gasteiger charge is -2.18. The molecule has 0 heterocycles. The lowest BCUT2D eigenvalue weighted by atomic mass is 10.00. The summed E-state index contributed by atoms with van der Waals surface area (Å²) in [5.74, 6) is 0.138. The maximum Gasteiger partial charge on any atom is 0.167 e. The highest BCUT2D eigenvalue weighted by molar-refractivity contribution is 5.68. The minimum atomic E-state index is -0.449. The van der Waals surface area contributed by atoms with Crippen molar-refractivity contribution in [2.24, 2.45) is 5.92 Å². The molecule has 0 aromatic heterocycles. The summed E-state index contributed by atoms with van der Waals surface area (Å²) in [6, 6.07) is 2.87. The van der Waals surface area contributed by atoms with Gasteiger partial charge >= 0.3 is 0 Å². The highest BCUT2D eigenvalue weighted by Gasteiger charge is 2.11. The lowest BCUT2D eigenvalue weighted by molar-refractivity contribution is 0.255. The van der Waals surface area contributed by atoms with Crippen LogP contribution in [0.25, 0.3) is 0 Å². The fraction of sp³-hybridized carbons (Fsp3) is 0.600. The Kier molecular flexibility index (Phi) is 7.15. The molecule has 0 saturated carbocycles. The molecule has 4 N–H and O–H groups in total. The number of ether oxygens (including phenoxy) is 1. The first-order chi connectivity index (χ1) is 9.62. The Labute approximate surface area is 120 Å². The summed E-state index contributed by atoms with van der Waals surface area (Å²) >= 11 is 0. The van der Waals surface area contributed by atoms with E-state index in [1.165, 1.54) is 6.07 Å². The van der Waals surface area contributed by atoms with Gasteiger partial charge in [-0.05, 0) is 25.7 Å². The van der Waals surface area contributed by atoms with Crippen molar-refractivity contribution in [3.63, 3.8) is 0 Å². The maximum absolute atomic E-state index is 13.6. The van der Waals surface area contributed by atoms with E-state index < -0.39 is 5.82 Å². The van der Waals surface area contributed by atoms with Gasteiger partial charge in [0.2, 0.25) is 0 Å². The monoisotopic (exact) mass is 284 g/mol. The van der Waals surface area contributed by atoms with Crippen LogP contribution in [0.5, 0.6) is 5.75 Å². The number of hydrogen-bond acceptors (Lipinski definition) is 4. The fourth-order valence-corrected chi connectivity index (χ4v) is 2.18. The van der Waals surface area contributed by atoms with Gasteiger partial charge in [-0.2, -0.15) is 0 Å². The number of nitrogens with two attached hydrogens (primary N) is 1. The fourth-order valence-electron chi connectivity index (χ4n) is 2.18. The molecule has 4 nitrogen and oxygen atoms in total. The van der Waals surface area contributed by atoms with Gasteiger partial charge in [-0.1, -0.05) is 13.3 Å². The predicted octanol–water partition coefficient (Wildman–Crippen LogP) is 3.02. The van der Waals surface area contributed by atoms with Gasteiger partial charge in [-0.25, -0.2) is 4.39 Å². The van der Waals surface area contributed by atoms with Crippen LogP contribution in [0, 0.1) is 11.7 Å². The highest BCUT2D eigenvalue weighted by Crippen LogP contribution is 2.28. The minimum Gasteiger partial charge on any atom is -0.491 e. The summed E-state index contributed by atoms with van der Waals surface area (Å²) in [7, 11) is 0. The molecule has 0 aliphatic carbocycles. The van der Waals surface area contributed by atoms with E-state index in [0.29, 0.717) is 30.4 Å². The van der Waals surface area contributed by atoms with Crippen molar-refractivity contribution in [1.29, 1.82) is 0 Å². The van der Waals surface area contributed by atoms with Crippen LogP contribution >= 0.6 is 0 Å². The molecule has 0 amide bonds. The van der Waals surface area contributed by atoms with Crippen LogP contribution in [0.2, 0.25) is 0 Å². The molecule has 5 heteroatoms. The third kappa shape index (κ3) is 4.89. The molecule has 0 saturated heterocycles. The third-order valence-electron chi connectivity index (χ3n) is 3.22. The maximum atomic E-state index is 13.6. The van der Waals surface area contributed by atoms with E-state index in [1.54, 1.807) is 13.0 Å². The molecule has 1 aromatic rings. The number of rotatable bonds is 9. The van der Waals surface area contributed by atoms with Crippen LogP contribution in [-0.2, 0) is 0 Å². The molecule has 20 heavy (non-hydrogen) atoms. The molecule has 114 valence electrons. The quantitative estimate of drug-likeness (QED) is 0.610. The van der Waals surface area contributed by atoms with Gasteiger partial charge in [0.15, 0.2) is 11.6 Å². The molecule has 1 unspecified atom stereocenters. The van der Waals surface area contributed by atoms with Crippen LogP contribution in [0.4, 0.5) is 15.8 Å². The average Bonchev–Trinajstić information content (AvgIpc) is 2.41. The number of nitrogens with one attached hydrogen (secondary N) is 1. The standard InChI is InChI=1S/C15H25FN2O2/c1-3-5-11(6-7-19)10-18-14-9-15(20-4-2)12(16)8-13(14)17/h8-9,11,18-19H,3-7,10,17H2,1-2H3. The van der Waals surface area contributed by atoms with E-state index in [1.807, 2.05) is 0 Å². The van der Waals surface area contributed by atoms with Crippen molar-refractivity contribution in [1.82, 2.24) is 0 Å². The minimum absolute atomic E-state index is 0.176. The molecule has 1 aromatic carbocycles. The molecule has 1 atom stereocenters. The summed E-state index contributed by atoms with van der Waals surface area (Å²) in [5.41, 5.74) is 6.85. The molecule has 0 fully saturated rings. The number of anilines is 2. The summed E-state index contributed by atoms with van der Waals surface area (Å²) in [5, 5.41) is 12.3. The SMILES string of the molecule is CCCC(CCO)CNc1cc(OCC)c(F)cc1N. The smallest absolute Gasteiger partial charge is 0.167 e. The zero-order chi connectivity index (χ0) is 15.0.